The highest BCUT2D eigenvalue weighted by Gasteiger charge is 2.21. The van der Waals surface area contributed by atoms with E-state index in [2.05, 4.69) is 12.6 Å². The van der Waals surface area contributed by atoms with Gasteiger partial charge in [0.05, 0.1) is 6.10 Å². The molecule has 0 aliphatic rings. The van der Waals surface area contributed by atoms with Gasteiger partial charge in [0, 0.05) is 0 Å². The second-order valence-electron chi connectivity index (χ2n) is 2.82. The minimum atomic E-state index is -0.264. The molecule has 1 atom stereocenters. The van der Waals surface area contributed by atoms with Crippen molar-refractivity contribution in [1.82, 2.24) is 0 Å². The van der Waals surface area contributed by atoms with Crippen molar-refractivity contribution in [1.29, 1.82) is 0 Å². The molecule has 0 spiro atoms. The molecule has 0 aliphatic heterocycles. The normalized spacial score (nSPS) is 16.1. The van der Waals surface area contributed by atoms with Crippen LogP contribution in [-0.4, -0.2) is 17.0 Å². The third kappa shape index (κ3) is 2.05. The van der Waals surface area contributed by atoms with Crippen LogP contribution in [0.5, 0.6) is 0 Å². The predicted molar refractivity (Wildman–Crippen MR) is 39.3 cm³/mol. The number of aliphatic hydroxyl groups is 1. The van der Waals surface area contributed by atoms with Gasteiger partial charge in [-0.25, -0.2) is 0 Å². The summed E-state index contributed by atoms with van der Waals surface area (Å²) in [4.78, 5) is 0. The Hall–Kier alpha value is 0.310. The molecular weight excluding hydrogens is 120 g/mol. The summed E-state index contributed by atoms with van der Waals surface area (Å²) in [7, 11) is 0. The molecule has 0 fully saturated rings. The fourth-order valence-corrected chi connectivity index (χ4v) is 0.396. The molecule has 0 amide bonds. The first-order chi connectivity index (χ1) is 3.50. The Bertz CT molecular complexity index is 68.9. The van der Waals surface area contributed by atoms with Gasteiger partial charge >= 0.3 is 0 Å². The molecule has 50 valence electrons. The lowest BCUT2D eigenvalue weighted by Gasteiger charge is -2.24. The van der Waals surface area contributed by atoms with E-state index in [-0.39, 0.29) is 11.5 Å². The van der Waals surface area contributed by atoms with Crippen molar-refractivity contribution in [2.75, 3.05) is 5.75 Å². The van der Waals surface area contributed by atoms with E-state index >= 15 is 0 Å². The van der Waals surface area contributed by atoms with Gasteiger partial charge in [0.2, 0.25) is 0 Å². The van der Waals surface area contributed by atoms with Crippen LogP contribution in [0.25, 0.3) is 0 Å². The standard InChI is InChI=1S/C6H14OS/c1-5(7)6(2,3)4-8/h5,7-8H,4H2,1-3H3. The summed E-state index contributed by atoms with van der Waals surface area (Å²) >= 11 is 4.08. The van der Waals surface area contributed by atoms with Gasteiger partial charge in [0.25, 0.3) is 0 Å². The average molecular weight is 134 g/mol. The fourth-order valence-electron chi connectivity index (χ4n) is 0.132. The second kappa shape index (κ2) is 2.74. The molecule has 0 saturated heterocycles. The van der Waals surface area contributed by atoms with Crippen molar-refractivity contribution >= 4 is 12.6 Å². The van der Waals surface area contributed by atoms with Crippen LogP contribution in [0.1, 0.15) is 20.8 Å². The molecule has 1 N–H and O–H groups in total. The molecule has 0 aromatic carbocycles. The largest absolute Gasteiger partial charge is 0.393 e. The van der Waals surface area contributed by atoms with Gasteiger partial charge in [-0.2, -0.15) is 12.6 Å². The molecule has 0 aliphatic carbocycles. The number of hydrogen-bond donors (Lipinski definition) is 2. The first-order valence-electron chi connectivity index (χ1n) is 2.79. The number of aliphatic hydroxyl groups excluding tert-OH is 1. The van der Waals surface area contributed by atoms with Crippen LogP contribution in [0.15, 0.2) is 0 Å². The smallest absolute Gasteiger partial charge is 0.0570 e. The molecule has 0 radical (unpaired) electrons. The Morgan fingerprint density at radius 2 is 2.00 bits per heavy atom. The van der Waals surface area contributed by atoms with Crippen molar-refractivity contribution in [3.63, 3.8) is 0 Å². The van der Waals surface area contributed by atoms with Crippen LogP contribution in [0, 0.1) is 5.41 Å². The number of hydrogen-bond acceptors (Lipinski definition) is 2. The van der Waals surface area contributed by atoms with E-state index in [0.29, 0.717) is 0 Å². The fraction of sp³-hybridized carbons (Fsp3) is 1.00. The Balaban J connectivity index is 3.71. The van der Waals surface area contributed by atoms with Crippen LogP contribution >= 0.6 is 12.6 Å². The maximum Gasteiger partial charge on any atom is 0.0570 e. The Kier molecular flexibility index (Phi) is 2.84. The van der Waals surface area contributed by atoms with Crippen molar-refractivity contribution in [2.45, 2.75) is 26.9 Å². The summed E-state index contributed by atoms with van der Waals surface area (Å²) < 4.78 is 0. The molecule has 0 aromatic rings. The Morgan fingerprint density at radius 1 is 1.62 bits per heavy atom. The van der Waals surface area contributed by atoms with E-state index < -0.39 is 0 Å². The van der Waals surface area contributed by atoms with E-state index in [1.54, 1.807) is 6.92 Å². The maximum atomic E-state index is 9.03. The third-order valence-electron chi connectivity index (χ3n) is 1.54. The molecule has 1 nitrogen and oxygen atoms in total. The highest BCUT2D eigenvalue weighted by Crippen LogP contribution is 2.20. The lowest BCUT2D eigenvalue weighted by atomic mass is 9.90. The summed E-state index contributed by atoms with van der Waals surface area (Å²) in [6.45, 7) is 5.77. The van der Waals surface area contributed by atoms with Crippen molar-refractivity contribution < 1.29 is 5.11 Å². The highest BCUT2D eigenvalue weighted by molar-refractivity contribution is 7.80. The lowest BCUT2D eigenvalue weighted by Crippen LogP contribution is -2.27. The summed E-state index contributed by atoms with van der Waals surface area (Å²) in [5.41, 5.74) is -0.0386. The van der Waals surface area contributed by atoms with Crippen molar-refractivity contribution in [3.05, 3.63) is 0 Å². The predicted octanol–water partition coefficient (Wildman–Crippen LogP) is 1.32. The first kappa shape index (κ1) is 8.31. The minimum absolute atomic E-state index is 0.0386. The van der Waals surface area contributed by atoms with Crippen LogP contribution in [0.4, 0.5) is 0 Å². The zero-order chi connectivity index (χ0) is 6.78. The topological polar surface area (TPSA) is 20.2 Å². The van der Waals surface area contributed by atoms with Gasteiger partial charge in [-0.1, -0.05) is 13.8 Å². The van der Waals surface area contributed by atoms with E-state index in [4.69, 9.17) is 5.11 Å². The molecule has 2 heteroatoms. The molecule has 0 heterocycles. The quantitative estimate of drug-likeness (QED) is 0.546. The lowest BCUT2D eigenvalue weighted by molar-refractivity contribution is 0.0837. The Labute approximate surface area is 56.5 Å². The van der Waals surface area contributed by atoms with Gasteiger partial charge in [0.15, 0.2) is 0 Å². The van der Waals surface area contributed by atoms with Crippen molar-refractivity contribution in [2.24, 2.45) is 5.41 Å². The number of rotatable bonds is 2. The summed E-state index contributed by atoms with van der Waals surface area (Å²) in [5.74, 6) is 0.727. The van der Waals surface area contributed by atoms with Crippen LogP contribution in [0.3, 0.4) is 0 Å². The molecule has 8 heavy (non-hydrogen) atoms. The van der Waals surface area contributed by atoms with Crippen molar-refractivity contribution in [3.8, 4) is 0 Å². The minimum Gasteiger partial charge on any atom is -0.393 e. The van der Waals surface area contributed by atoms with Gasteiger partial charge in [-0.15, -0.1) is 0 Å². The molecule has 1 unspecified atom stereocenters. The molecule has 0 bridgehead atoms. The third-order valence-corrected chi connectivity index (χ3v) is 2.35. The zero-order valence-corrected chi connectivity index (χ0v) is 6.57. The highest BCUT2D eigenvalue weighted by atomic mass is 32.1. The monoisotopic (exact) mass is 134 g/mol. The second-order valence-corrected chi connectivity index (χ2v) is 3.14. The molecule has 0 saturated carbocycles. The van der Waals surface area contributed by atoms with E-state index in [9.17, 15) is 0 Å². The van der Waals surface area contributed by atoms with E-state index in [1.807, 2.05) is 13.8 Å². The van der Waals surface area contributed by atoms with Crippen LogP contribution in [-0.2, 0) is 0 Å². The number of thiol groups is 1. The Morgan fingerprint density at radius 3 is 2.00 bits per heavy atom. The first-order valence-corrected chi connectivity index (χ1v) is 3.43. The van der Waals surface area contributed by atoms with Gasteiger partial charge in [0.1, 0.15) is 0 Å². The molecular formula is C6H14OS. The molecule has 0 rings (SSSR count). The zero-order valence-electron chi connectivity index (χ0n) is 5.68. The van der Waals surface area contributed by atoms with Gasteiger partial charge in [-0.05, 0) is 18.1 Å². The summed E-state index contributed by atoms with van der Waals surface area (Å²) in [5, 5.41) is 9.03. The van der Waals surface area contributed by atoms with E-state index in [1.165, 1.54) is 0 Å². The van der Waals surface area contributed by atoms with Gasteiger partial charge in [-0.3, -0.25) is 0 Å². The van der Waals surface area contributed by atoms with Crippen LogP contribution in [0.2, 0.25) is 0 Å². The van der Waals surface area contributed by atoms with Crippen LogP contribution < -0.4 is 0 Å². The maximum absolute atomic E-state index is 9.03. The SMILES string of the molecule is CC(O)C(C)(C)CS. The average Bonchev–Trinajstić information content (AvgIpc) is 1.67. The van der Waals surface area contributed by atoms with Gasteiger partial charge < -0.3 is 5.11 Å². The summed E-state index contributed by atoms with van der Waals surface area (Å²) in [6.07, 6.45) is -0.264. The van der Waals surface area contributed by atoms with E-state index in [0.717, 1.165) is 5.75 Å². The summed E-state index contributed by atoms with van der Waals surface area (Å²) in [6, 6.07) is 0. The molecule has 0 aromatic heterocycles.